The summed E-state index contributed by atoms with van der Waals surface area (Å²) in [6.45, 7) is 16.4. The maximum Gasteiger partial charge on any atom is 0.225 e. The molecule has 5 fully saturated rings. The molecule has 0 bridgehead atoms. The van der Waals surface area contributed by atoms with Crippen molar-refractivity contribution in [3.8, 4) is 0 Å². The van der Waals surface area contributed by atoms with Gasteiger partial charge in [-0.05, 0) is 38.8 Å². The number of nitrogens with one attached hydrogen (secondary N) is 3. The van der Waals surface area contributed by atoms with Crippen molar-refractivity contribution in [3.05, 3.63) is 95.6 Å². The zero-order chi connectivity index (χ0) is 49.7. The van der Waals surface area contributed by atoms with Gasteiger partial charge in [-0.25, -0.2) is 27.5 Å². The van der Waals surface area contributed by atoms with E-state index in [1.165, 1.54) is 12.1 Å². The van der Waals surface area contributed by atoms with Crippen LogP contribution in [0.3, 0.4) is 0 Å². The molecule has 9 heterocycles. The maximum absolute atomic E-state index is 15.2. The molecule has 1 amide bonds. The van der Waals surface area contributed by atoms with Crippen LogP contribution in [0.25, 0.3) is 21.8 Å². The van der Waals surface area contributed by atoms with Gasteiger partial charge >= 0.3 is 0 Å². The number of rotatable bonds is 9. The van der Waals surface area contributed by atoms with Gasteiger partial charge in [0.15, 0.2) is 0 Å². The molecule has 5 saturated heterocycles. The van der Waals surface area contributed by atoms with E-state index < -0.39 is 23.3 Å². The molecule has 0 atom stereocenters. The molecule has 5 aliphatic rings. The van der Waals surface area contributed by atoms with Crippen molar-refractivity contribution in [3.63, 3.8) is 0 Å². The zero-order valence-corrected chi connectivity index (χ0v) is 40.7. The molecule has 0 saturated carbocycles. The van der Waals surface area contributed by atoms with Crippen LogP contribution in [0.5, 0.6) is 0 Å². The van der Waals surface area contributed by atoms with E-state index in [2.05, 4.69) is 50.5 Å². The first-order valence-electron chi connectivity index (χ1n) is 24.8. The van der Waals surface area contributed by atoms with Gasteiger partial charge in [0.25, 0.3) is 0 Å². The van der Waals surface area contributed by atoms with Crippen molar-refractivity contribution >= 4 is 73.5 Å². The van der Waals surface area contributed by atoms with Crippen LogP contribution in [0.15, 0.2) is 61.2 Å². The van der Waals surface area contributed by atoms with Gasteiger partial charge < -0.3 is 54.7 Å². The third-order valence-corrected chi connectivity index (χ3v) is 14.1. The van der Waals surface area contributed by atoms with Crippen molar-refractivity contribution in [1.82, 2.24) is 30.2 Å². The molecule has 6 aromatic rings. The molecular formula is C52H60F4N12O4. The fraction of sp³-hybridized carbons (Fsp3) is 0.442. The van der Waals surface area contributed by atoms with Crippen molar-refractivity contribution in [2.75, 3.05) is 148 Å². The fourth-order valence-corrected chi connectivity index (χ4v) is 10.2. The van der Waals surface area contributed by atoms with Crippen LogP contribution in [0.4, 0.5) is 63.3 Å². The van der Waals surface area contributed by atoms with Crippen LogP contribution >= 0.6 is 0 Å². The van der Waals surface area contributed by atoms with Gasteiger partial charge in [0.2, 0.25) is 5.91 Å². The van der Waals surface area contributed by atoms with Crippen LogP contribution in [0, 0.1) is 43.0 Å². The number of carbonyl (C=O) groups is 1. The number of ether oxygens (including phenoxy) is 3. The van der Waals surface area contributed by atoms with Crippen molar-refractivity contribution in [2.24, 2.45) is 5.92 Å². The number of nitrogens with zero attached hydrogens (tertiary/aromatic N) is 9. The first-order valence-corrected chi connectivity index (χ1v) is 24.8. The molecule has 0 radical (unpaired) electrons. The number of hydrogen-bond acceptors (Lipinski definition) is 15. The Morgan fingerprint density at radius 3 is 1.47 bits per heavy atom. The van der Waals surface area contributed by atoms with E-state index in [9.17, 15) is 18.0 Å². The second kappa shape index (κ2) is 22.0. The number of pyridine rings is 4. The number of piperazine rings is 2. The van der Waals surface area contributed by atoms with Crippen LogP contribution in [0.2, 0.25) is 0 Å². The van der Waals surface area contributed by atoms with Gasteiger partial charge in [-0.1, -0.05) is 0 Å². The van der Waals surface area contributed by atoms with Gasteiger partial charge in [0.05, 0.1) is 107 Å². The second-order valence-corrected chi connectivity index (χ2v) is 18.7. The number of aromatic nitrogens is 4. The molecule has 0 spiro atoms. The van der Waals surface area contributed by atoms with Gasteiger partial charge in [0.1, 0.15) is 34.9 Å². The Hall–Kier alpha value is -6.61. The van der Waals surface area contributed by atoms with E-state index in [4.69, 9.17) is 19.2 Å². The van der Waals surface area contributed by atoms with Crippen LogP contribution in [-0.4, -0.2) is 149 Å². The van der Waals surface area contributed by atoms with E-state index in [0.29, 0.717) is 94.2 Å². The quantitative estimate of drug-likeness (QED) is 0.127. The highest BCUT2D eigenvalue weighted by atomic mass is 19.1. The predicted octanol–water partition coefficient (Wildman–Crippen LogP) is 7.08. The van der Waals surface area contributed by atoms with E-state index in [-0.39, 0.29) is 28.1 Å². The summed E-state index contributed by atoms with van der Waals surface area (Å²) in [5.74, 6) is -1.04. The smallest absolute Gasteiger partial charge is 0.225 e. The van der Waals surface area contributed by atoms with Gasteiger partial charge in [-0.15, -0.1) is 0 Å². The topological polar surface area (TPSA) is 149 Å². The lowest BCUT2D eigenvalue weighted by Crippen LogP contribution is -2.51. The number of amides is 1. The lowest BCUT2D eigenvalue weighted by molar-refractivity contribution is -0.138. The Balaban J connectivity index is 0.000000170. The average molecular weight is 993 g/mol. The first-order chi connectivity index (χ1) is 35.1. The van der Waals surface area contributed by atoms with E-state index in [1.807, 2.05) is 37.1 Å². The van der Waals surface area contributed by atoms with E-state index >= 15 is 4.39 Å². The molecule has 4 aromatic heterocycles. The highest BCUT2D eigenvalue weighted by Crippen LogP contribution is 2.39. The molecule has 0 unspecified atom stereocenters. The lowest BCUT2D eigenvalue weighted by Gasteiger charge is -2.38. The molecule has 11 rings (SSSR count). The molecule has 0 aliphatic carbocycles. The van der Waals surface area contributed by atoms with Crippen molar-refractivity contribution in [2.45, 2.75) is 26.7 Å². The summed E-state index contributed by atoms with van der Waals surface area (Å²) in [7, 11) is 0. The number of fused-ring (bicyclic) bond motifs is 2. The normalized spacial score (nSPS) is 18.1. The Bertz CT molecular complexity index is 2900. The third kappa shape index (κ3) is 10.8. The molecule has 16 nitrogen and oxygen atoms in total. The highest BCUT2D eigenvalue weighted by molar-refractivity contribution is 5.99. The number of morpholine rings is 2. The van der Waals surface area contributed by atoms with Crippen LogP contribution < -0.4 is 35.6 Å². The Kier molecular flexibility index (Phi) is 15.0. The minimum absolute atomic E-state index is 0.0180. The maximum atomic E-state index is 15.2. The van der Waals surface area contributed by atoms with Crippen molar-refractivity contribution < 1.29 is 36.6 Å². The van der Waals surface area contributed by atoms with Crippen LogP contribution in [0.1, 0.15) is 24.0 Å². The molecule has 2 aromatic carbocycles. The Morgan fingerprint density at radius 2 is 1.00 bits per heavy atom. The second-order valence-electron chi connectivity index (χ2n) is 18.7. The van der Waals surface area contributed by atoms with Gasteiger partial charge in [-0.2, -0.15) is 0 Å². The minimum Gasteiger partial charge on any atom is -0.381 e. The summed E-state index contributed by atoms with van der Waals surface area (Å²) in [5.41, 5.74) is 6.56. The molecule has 5 aliphatic heterocycles. The van der Waals surface area contributed by atoms with Gasteiger partial charge in [-0.3, -0.25) is 14.8 Å². The standard InChI is InChI=1S/C29H34F2N6O3.C23H26F2N6O/c1-19-27(33-22-16-23(18-32-17-22)35-8-12-40-13-9-35)26-24(31)14-21(30)15-25(26)34-28(19)36-4-6-37(7-5-36)29(38)20-2-10-39-11-3-20;1-15-22(28-17-12-18(14-27-13-17)30-6-8-32-9-7-30)21-19(25)10-16(24)11-20(21)29-23(15)31-4-2-26-3-5-31/h14-18,20H,2-13H2,1H3,(H,33,34);10-14,26H,2-9H2,1H3,(H,28,29). The summed E-state index contributed by atoms with van der Waals surface area (Å²) in [5, 5.41) is 10.6. The van der Waals surface area contributed by atoms with Crippen LogP contribution in [-0.2, 0) is 19.0 Å². The van der Waals surface area contributed by atoms with Gasteiger partial charge in [0, 0.05) is 133 Å². The fourth-order valence-electron chi connectivity index (χ4n) is 10.2. The van der Waals surface area contributed by atoms with E-state index in [0.717, 1.165) is 111 Å². The van der Waals surface area contributed by atoms with Crippen molar-refractivity contribution in [1.29, 1.82) is 0 Å². The number of hydrogen-bond donors (Lipinski definition) is 3. The zero-order valence-electron chi connectivity index (χ0n) is 40.7. The lowest BCUT2D eigenvalue weighted by atomic mass is 9.98. The first kappa shape index (κ1) is 49.0. The molecular weight excluding hydrogens is 933 g/mol. The third-order valence-electron chi connectivity index (χ3n) is 14.1. The highest BCUT2D eigenvalue weighted by Gasteiger charge is 2.31. The Morgan fingerprint density at radius 1 is 0.556 bits per heavy atom. The summed E-state index contributed by atoms with van der Waals surface area (Å²) in [4.78, 5) is 41.8. The summed E-state index contributed by atoms with van der Waals surface area (Å²) < 4.78 is 74.8. The number of halogens is 4. The minimum atomic E-state index is -0.680. The molecule has 380 valence electrons. The monoisotopic (exact) mass is 992 g/mol. The molecule has 72 heavy (non-hydrogen) atoms. The predicted molar refractivity (Wildman–Crippen MR) is 271 cm³/mol. The molecule has 3 N–H and O–H groups in total. The summed E-state index contributed by atoms with van der Waals surface area (Å²) in [6.07, 6.45) is 8.54. The van der Waals surface area contributed by atoms with E-state index in [1.54, 1.807) is 18.6 Å². The largest absolute Gasteiger partial charge is 0.381 e. The number of anilines is 8. The average Bonchev–Trinajstić information content (AvgIpc) is 3.41. The molecule has 20 heteroatoms. The number of benzene rings is 2. The summed E-state index contributed by atoms with van der Waals surface area (Å²) >= 11 is 0. The number of carbonyl (C=O) groups excluding carboxylic acids is 1. The Labute approximate surface area is 415 Å². The summed E-state index contributed by atoms with van der Waals surface area (Å²) in [6, 6.07) is 8.32. The SMILES string of the molecule is Cc1c(N2CCN(C(=O)C3CCOCC3)CC2)nc2cc(F)cc(F)c2c1Nc1cncc(N2CCOCC2)c1.Cc1c(N2CCNCC2)nc2cc(F)cc(F)c2c1Nc1cncc(N2CCOCC2)c1.